The van der Waals surface area contributed by atoms with Gasteiger partial charge in [0.25, 0.3) is 0 Å². The predicted octanol–water partition coefficient (Wildman–Crippen LogP) is 3.62. The number of phenols is 1. The van der Waals surface area contributed by atoms with Crippen LogP contribution in [0.3, 0.4) is 0 Å². The number of rotatable bonds is 13. The number of carbonyl (C=O) groups excluding carboxylic acids is 3. The van der Waals surface area contributed by atoms with Crippen LogP contribution in [0.5, 0.6) is 11.5 Å². The van der Waals surface area contributed by atoms with Gasteiger partial charge in [-0.2, -0.15) is 0 Å². The van der Waals surface area contributed by atoms with Crippen LogP contribution in [0.2, 0.25) is 0 Å². The molecule has 3 aromatic carbocycles. The number of carbonyl (C=O) groups is 4. The van der Waals surface area contributed by atoms with Gasteiger partial charge in [0, 0.05) is 30.0 Å². The van der Waals surface area contributed by atoms with Crippen molar-refractivity contribution in [2.24, 2.45) is 5.92 Å². The van der Waals surface area contributed by atoms with E-state index in [4.69, 9.17) is 9.84 Å². The highest BCUT2D eigenvalue weighted by Gasteiger charge is 2.28. The normalized spacial score (nSPS) is 12.4. The lowest BCUT2D eigenvalue weighted by Crippen LogP contribution is -2.53. The molecule has 0 heterocycles. The second kappa shape index (κ2) is 14.0. The average Bonchev–Trinajstić information content (AvgIpc) is 2.91. The number of fused-ring (bicyclic) bond motifs is 1. The second-order valence-electron chi connectivity index (χ2n) is 9.96. The zero-order chi connectivity index (χ0) is 29.2. The number of anilines is 1. The van der Waals surface area contributed by atoms with Gasteiger partial charge in [0.15, 0.2) is 0 Å². The van der Waals surface area contributed by atoms with Crippen molar-refractivity contribution in [3.8, 4) is 11.5 Å². The Morgan fingerprint density at radius 2 is 1.57 bits per heavy atom. The lowest BCUT2D eigenvalue weighted by atomic mass is 10.0. The number of ether oxygens (including phenoxy) is 1. The topological polar surface area (TPSA) is 154 Å². The summed E-state index contributed by atoms with van der Waals surface area (Å²) in [6.07, 6.45) is -0.217. The van der Waals surface area contributed by atoms with Crippen LogP contribution >= 0.6 is 0 Å². The zero-order valence-electron chi connectivity index (χ0n) is 22.8. The van der Waals surface area contributed by atoms with Gasteiger partial charge < -0.3 is 30.9 Å². The van der Waals surface area contributed by atoms with Crippen molar-refractivity contribution in [3.63, 3.8) is 0 Å². The molecule has 0 unspecified atom stereocenters. The smallest absolute Gasteiger partial charge is 0.303 e. The van der Waals surface area contributed by atoms with Gasteiger partial charge in [0.2, 0.25) is 17.7 Å². The molecule has 0 aliphatic rings. The van der Waals surface area contributed by atoms with Gasteiger partial charge in [-0.1, -0.05) is 50.2 Å². The summed E-state index contributed by atoms with van der Waals surface area (Å²) in [5.74, 6) is -2.05. The largest absolute Gasteiger partial charge is 0.508 e. The van der Waals surface area contributed by atoms with Gasteiger partial charge in [-0.05, 0) is 41.5 Å². The number of nitrogens with one attached hydrogen (secondary N) is 3. The first-order valence-electron chi connectivity index (χ1n) is 13.0. The van der Waals surface area contributed by atoms with Gasteiger partial charge in [0.05, 0.1) is 13.5 Å². The number of phenolic OH excluding ortho intramolecular Hbond substituents is 1. The number of aromatic hydroxyl groups is 1. The van der Waals surface area contributed by atoms with E-state index in [1.165, 1.54) is 12.1 Å². The van der Waals surface area contributed by atoms with Crippen LogP contribution in [0.4, 0.5) is 5.69 Å². The minimum Gasteiger partial charge on any atom is -0.508 e. The molecule has 10 nitrogen and oxygen atoms in total. The molecule has 0 fully saturated rings. The third kappa shape index (κ3) is 8.72. The number of amides is 3. The van der Waals surface area contributed by atoms with E-state index in [2.05, 4.69) is 16.0 Å². The fourth-order valence-corrected chi connectivity index (χ4v) is 4.29. The van der Waals surface area contributed by atoms with E-state index in [0.717, 1.165) is 10.8 Å². The van der Waals surface area contributed by atoms with E-state index >= 15 is 0 Å². The molecule has 40 heavy (non-hydrogen) atoms. The fourth-order valence-electron chi connectivity index (χ4n) is 4.29. The molecule has 0 spiro atoms. The first-order chi connectivity index (χ1) is 19.0. The molecule has 2 atom stereocenters. The molecule has 0 aliphatic heterocycles. The van der Waals surface area contributed by atoms with Crippen LogP contribution in [0.15, 0.2) is 60.7 Å². The number of hydrogen-bond donors (Lipinski definition) is 5. The molecular weight excluding hydrogens is 514 g/mol. The van der Waals surface area contributed by atoms with Gasteiger partial charge >= 0.3 is 5.97 Å². The molecule has 3 amide bonds. The van der Waals surface area contributed by atoms with E-state index in [-0.39, 0.29) is 30.9 Å². The Morgan fingerprint density at radius 1 is 0.875 bits per heavy atom. The molecule has 10 heteroatoms. The van der Waals surface area contributed by atoms with Crippen molar-refractivity contribution in [1.29, 1.82) is 0 Å². The quantitative estimate of drug-likeness (QED) is 0.218. The summed E-state index contributed by atoms with van der Waals surface area (Å²) in [5.41, 5.74) is 1.17. The molecular formula is C30H35N3O7. The van der Waals surface area contributed by atoms with Crippen molar-refractivity contribution in [2.45, 2.75) is 51.6 Å². The second-order valence-corrected chi connectivity index (χ2v) is 9.96. The van der Waals surface area contributed by atoms with Crippen molar-refractivity contribution < 1.29 is 34.1 Å². The van der Waals surface area contributed by atoms with Crippen LogP contribution < -0.4 is 20.7 Å². The summed E-state index contributed by atoms with van der Waals surface area (Å²) >= 11 is 0. The Bertz CT molecular complexity index is 1360. The Morgan fingerprint density at radius 3 is 2.23 bits per heavy atom. The van der Waals surface area contributed by atoms with Crippen LogP contribution in [-0.4, -0.2) is 53.1 Å². The first-order valence-corrected chi connectivity index (χ1v) is 13.0. The SMILES string of the molecule is COc1cc(NC(=O)[C@H](Cc2ccc(O)cc2)NC(=O)[C@H](CC(C)C)NC(=O)CCC(=O)O)cc2ccccc12. The molecule has 3 rings (SSSR count). The molecule has 0 bridgehead atoms. The Hall–Kier alpha value is -4.60. The standard InChI is InChI=1S/C30H35N3O7/c1-18(2)14-24(32-27(35)12-13-28(36)37)30(39)33-25(15-19-8-10-22(34)11-9-19)29(38)31-21-16-20-6-4-5-7-23(20)26(17-21)40-3/h4-11,16-18,24-25,34H,12-15H2,1-3H3,(H,31,38)(H,32,35)(H,33,39)(H,36,37)/t24-,25-/m0/s1. The lowest BCUT2D eigenvalue weighted by Gasteiger charge is -2.24. The molecule has 212 valence electrons. The van der Waals surface area contributed by atoms with Gasteiger partial charge in [-0.25, -0.2) is 0 Å². The van der Waals surface area contributed by atoms with E-state index < -0.39 is 35.8 Å². The van der Waals surface area contributed by atoms with Crippen molar-refractivity contribution in [1.82, 2.24) is 10.6 Å². The molecule has 0 saturated heterocycles. The van der Waals surface area contributed by atoms with Gasteiger partial charge in [-0.3, -0.25) is 19.2 Å². The third-order valence-electron chi connectivity index (χ3n) is 6.25. The molecule has 3 aromatic rings. The number of hydrogen-bond acceptors (Lipinski definition) is 6. The summed E-state index contributed by atoms with van der Waals surface area (Å²) in [5, 5.41) is 28.5. The molecule has 0 saturated carbocycles. The lowest BCUT2D eigenvalue weighted by molar-refractivity contribution is -0.139. The number of carboxylic acid groups (broad SMARTS) is 1. The van der Waals surface area contributed by atoms with Crippen LogP contribution in [-0.2, 0) is 25.6 Å². The van der Waals surface area contributed by atoms with E-state index in [0.29, 0.717) is 23.4 Å². The van der Waals surface area contributed by atoms with Crippen LogP contribution in [0, 0.1) is 5.92 Å². The Kier molecular flexibility index (Phi) is 10.5. The van der Waals surface area contributed by atoms with Crippen LogP contribution in [0.1, 0.15) is 38.7 Å². The van der Waals surface area contributed by atoms with Crippen LogP contribution in [0.25, 0.3) is 10.8 Å². The summed E-state index contributed by atoms with van der Waals surface area (Å²) in [7, 11) is 1.54. The number of aliphatic carboxylic acids is 1. The molecule has 5 N–H and O–H groups in total. The van der Waals surface area contributed by atoms with E-state index in [1.807, 2.05) is 38.1 Å². The maximum absolute atomic E-state index is 13.5. The molecule has 0 radical (unpaired) electrons. The maximum atomic E-state index is 13.5. The van der Waals surface area contributed by atoms with Crippen molar-refractivity contribution in [2.75, 3.05) is 12.4 Å². The zero-order valence-corrected chi connectivity index (χ0v) is 22.8. The highest BCUT2D eigenvalue weighted by Crippen LogP contribution is 2.30. The summed E-state index contributed by atoms with van der Waals surface area (Å²) < 4.78 is 5.50. The summed E-state index contributed by atoms with van der Waals surface area (Å²) in [6, 6.07) is 15.4. The molecule has 0 aliphatic carbocycles. The maximum Gasteiger partial charge on any atom is 0.303 e. The summed E-state index contributed by atoms with van der Waals surface area (Å²) in [4.78, 5) is 50.1. The minimum atomic E-state index is -1.11. The first kappa shape index (κ1) is 29.9. The minimum absolute atomic E-state index is 0.0324. The Balaban J connectivity index is 1.85. The van der Waals surface area contributed by atoms with Crippen molar-refractivity contribution >= 4 is 40.2 Å². The van der Waals surface area contributed by atoms with Crippen molar-refractivity contribution in [3.05, 3.63) is 66.2 Å². The monoisotopic (exact) mass is 549 g/mol. The predicted molar refractivity (Wildman–Crippen MR) is 151 cm³/mol. The Labute approximate surface area is 232 Å². The molecule has 0 aromatic heterocycles. The van der Waals surface area contributed by atoms with E-state index in [1.54, 1.807) is 31.4 Å². The fraction of sp³-hybridized carbons (Fsp3) is 0.333. The number of carboxylic acids is 1. The highest BCUT2D eigenvalue weighted by atomic mass is 16.5. The van der Waals surface area contributed by atoms with Gasteiger partial charge in [-0.15, -0.1) is 0 Å². The third-order valence-corrected chi connectivity index (χ3v) is 6.25. The number of methoxy groups -OCH3 is 1. The average molecular weight is 550 g/mol. The summed E-state index contributed by atoms with van der Waals surface area (Å²) in [6.45, 7) is 3.77. The highest BCUT2D eigenvalue weighted by molar-refractivity contribution is 6.01. The number of benzene rings is 3. The van der Waals surface area contributed by atoms with Gasteiger partial charge in [0.1, 0.15) is 23.6 Å². The van der Waals surface area contributed by atoms with E-state index in [9.17, 15) is 24.3 Å².